The van der Waals surface area contributed by atoms with E-state index in [4.69, 9.17) is 4.74 Å². The molecule has 0 aliphatic heterocycles. The van der Waals surface area contributed by atoms with Crippen LogP contribution in [0, 0.1) is 0 Å². The van der Waals surface area contributed by atoms with Gasteiger partial charge in [0.15, 0.2) is 0 Å². The quantitative estimate of drug-likeness (QED) is 0.589. The third-order valence-electron chi connectivity index (χ3n) is 2.37. The van der Waals surface area contributed by atoms with E-state index in [9.17, 15) is 13.2 Å². The van der Waals surface area contributed by atoms with Crippen LogP contribution in [-0.2, 0) is 24.5 Å². The van der Waals surface area contributed by atoms with Crippen molar-refractivity contribution in [2.24, 2.45) is 0 Å². The van der Waals surface area contributed by atoms with Crippen LogP contribution in [0.2, 0.25) is 0 Å². The second-order valence-corrected chi connectivity index (χ2v) is 5.76. The highest BCUT2D eigenvalue weighted by Gasteiger charge is 2.20. The van der Waals surface area contributed by atoms with Crippen LogP contribution in [-0.4, -0.2) is 59.2 Å². The second kappa shape index (κ2) is 8.41. The largest absolute Gasteiger partial charge is 0.469 e. The molecule has 0 heterocycles. The third kappa shape index (κ3) is 6.90. The number of carbonyl (C=O) groups is 1. The Bertz CT molecular complexity index is 344. The van der Waals surface area contributed by atoms with Crippen molar-refractivity contribution in [1.29, 1.82) is 0 Å². The molecule has 7 nitrogen and oxygen atoms in total. The summed E-state index contributed by atoms with van der Waals surface area (Å²) in [6.07, 6.45) is 0.612. The lowest BCUT2D eigenvalue weighted by Gasteiger charge is -2.20. The Labute approximate surface area is 109 Å². The maximum atomic E-state index is 11.8. The Morgan fingerprint density at radius 1 is 1.39 bits per heavy atom. The first-order valence-electron chi connectivity index (χ1n) is 5.62. The molecule has 0 amide bonds. The monoisotopic (exact) mass is 282 g/mol. The molecule has 0 aromatic rings. The van der Waals surface area contributed by atoms with Crippen LogP contribution in [0.15, 0.2) is 0 Å². The van der Waals surface area contributed by atoms with Gasteiger partial charge < -0.3 is 9.47 Å². The van der Waals surface area contributed by atoms with Crippen molar-refractivity contribution in [3.63, 3.8) is 0 Å². The van der Waals surface area contributed by atoms with E-state index in [0.29, 0.717) is 13.0 Å². The van der Waals surface area contributed by atoms with Gasteiger partial charge in [-0.3, -0.25) is 4.79 Å². The molecule has 0 spiro atoms. The first-order chi connectivity index (χ1) is 8.33. The number of ether oxygens (including phenoxy) is 2. The molecular weight excluding hydrogens is 260 g/mol. The summed E-state index contributed by atoms with van der Waals surface area (Å²) in [5.74, 6) is -0.440. The minimum Gasteiger partial charge on any atom is -0.469 e. The van der Waals surface area contributed by atoms with E-state index in [1.54, 1.807) is 14.0 Å². The van der Waals surface area contributed by atoms with Crippen molar-refractivity contribution in [2.45, 2.75) is 25.8 Å². The minimum absolute atomic E-state index is 0.0281. The number of esters is 1. The van der Waals surface area contributed by atoms with Crippen LogP contribution in [0.25, 0.3) is 0 Å². The van der Waals surface area contributed by atoms with Gasteiger partial charge in [-0.1, -0.05) is 0 Å². The van der Waals surface area contributed by atoms with Gasteiger partial charge in [0.1, 0.15) is 0 Å². The van der Waals surface area contributed by atoms with Crippen molar-refractivity contribution < 1.29 is 22.7 Å². The number of hydrogen-bond donors (Lipinski definition) is 1. The zero-order chi connectivity index (χ0) is 14.2. The SMILES string of the molecule is COCCC(C)NS(=O)(=O)N(C)CCC(=O)OC. The highest BCUT2D eigenvalue weighted by atomic mass is 32.2. The minimum atomic E-state index is -3.57. The Kier molecular flexibility index (Phi) is 8.08. The van der Waals surface area contributed by atoms with E-state index in [1.165, 1.54) is 14.2 Å². The van der Waals surface area contributed by atoms with Crippen LogP contribution in [0.5, 0.6) is 0 Å². The highest BCUT2D eigenvalue weighted by Crippen LogP contribution is 2.01. The molecule has 108 valence electrons. The Balaban J connectivity index is 4.22. The summed E-state index contributed by atoms with van der Waals surface area (Å²) in [4.78, 5) is 10.9. The molecule has 0 saturated carbocycles. The lowest BCUT2D eigenvalue weighted by molar-refractivity contribution is -0.140. The van der Waals surface area contributed by atoms with E-state index < -0.39 is 16.2 Å². The Morgan fingerprint density at radius 3 is 2.50 bits per heavy atom. The predicted octanol–water partition coefficient (Wildman–Crippen LogP) is -0.259. The fourth-order valence-electron chi connectivity index (χ4n) is 1.17. The van der Waals surface area contributed by atoms with Crippen LogP contribution in [0.3, 0.4) is 0 Å². The van der Waals surface area contributed by atoms with Gasteiger partial charge in [-0.05, 0) is 13.3 Å². The van der Waals surface area contributed by atoms with Crippen molar-refractivity contribution in [3.8, 4) is 0 Å². The number of nitrogens with one attached hydrogen (secondary N) is 1. The van der Waals surface area contributed by atoms with Gasteiger partial charge in [0, 0.05) is 33.4 Å². The molecule has 0 radical (unpaired) electrons. The second-order valence-electron chi connectivity index (χ2n) is 3.95. The van der Waals surface area contributed by atoms with E-state index >= 15 is 0 Å². The third-order valence-corrected chi connectivity index (χ3v) is 4.08. The van der Waals surface area contributed by atoms with E-state index in [1.807, 2.05) is 0 Å². The molecule has 0 saturated heterocycles. The predicted molar refractivity (Wildman–Crippen MR) is 67.3 cm³/mol. The molecule has 0 aliphatic carbocycles. The standard InChI is InChI=1S/C10H22N2O5S/c1-9(6-8-16-3)11-18(14,15)12(2)7-5-10(13)17-4/h9,11H,5-8H2,1-4H3. The summed E-state index contributed by atoms with van der Waals surface area (Å²) in [7, 11) is 0.662. The van der Waals surface area contributed by atoms with Gasteiger partial charge in [0.2, 0.25) is 0 Å². The van der Waals surface area contributed by atoms with Crippen LogP contribution in [0.1, 0.15) is 19.8 Å². The summed E-state index contributed by atoms with van der Waals surface area (Å²) in [5.41, 5.74) is 0. The molecule has 1 atom stereocenters. The van der Waals surface area contributed by atoms with E-state index in [0.717, 1.165) is 4.31 Å². The number of methoxy groups -OCH3 is 2. The normalized spacial score (nSPS) is 13.6. The fraction of sp³-hybridized carbons (Fsp3) is 0.900. The van der Waals surface area contributed by atoms with E-state index in [-0.39, 0.29) is 19.0 Å². The summed E-state index contributed by atoms with van der Waals surface area (Å²) in [5, 5.41) is 0. The van der Waals surface area contributed by atoms with Crippen molar-refractivity contribution in [2.75, 3.05) is 34.4 Å². The van der Waals surface area contributed by atoms with Crippen LogP contribution >= 0.6 is 0 Å². The maximum absolute atomic E-state index is 11.8. The van der Waals surface area contributed by atoms with Crippen LogP contribution < -0.4 is 4.72 Å². The molecule has 1 unspecified atom stereocenters. The number of hydrogen-bond acceptors (Lipinski definition) is 5. The summed E-state index contributed by atoms with van der Waals surface area (Å²) < 4.78 is 36.6. The van der Waals surface area contributed by atoms with E-state index in [2.05, 4.69) is 9.46 Å². The van der Waals surface area contributed by atoms with Gasteiger partial charge in [-0.2, -0.15) is 17.4 Å². The molecule has 0 rings (SSSR count). The van der Waals surface area contributed by atoms with Gasteiger partial charge >= 0.3 is 5.97 Å². The summed E-state index contributed by atoms with van der Waals surface area (Å²) in [6.45, 7) is 2.32. The molecule has 1 N–H and O–H groups in total. The molecule has 0 fully saturated rings. The summed E-state index contributed by atoms with van der Waals surface area (Å²) in [6, 6.07) is -0.226. The van der Waals surface area contributed by atoms with Crippen molar-refractivity contribution in [1.82, 2.24) is 9.03 Å². The molecule has 0 aliphatic rings. The number of nitrogens with zero attached hydrogens (tertiary/aromatic N) is 1. The first-order valence-corrected chi connectivity index (χ1v) is 7.06. The van der Waals surface area contributed by atoms with Crippen molar-refractivity contribution in [3.05, 3.63) is 0 Å². The average Bonchev–Trinajstić information content (AvgIpc) is 2.32. The Morgan fingerprint density at radius 2 is 2.00 bits per heavy atom. The average molecular weight is 282 g/mol. The lowest BCUT2D eigenvalue weighted by atomic mass is 10.3. The van der Waals surface area contributed by atoms with Gasteiger partial charge in [-0.15, -0.1) is 0 Å². The summed E-state index contributed by atoms with van der Waals surface area (Å²) >= 11 is 0. The van der Waals surface area contributed by atoms with Gasteiger partial charge in [-0.25, -0.2) is 0 Å². The van der Waals surface area contributed by atoms with Crippen LogP contribution in [0.4, 0.5) is 0 Å². The van der Waals surface area contributed by atoms with Gasteiger partial charge in [0.05, 0.1) is 13.5 Å². The Hall–Kier alpha value is -0.700. The zero-order valence-corrected chi connectivity index (χ0v) is 12.1. The topological polar surface area (TPSA) is 84.9 Å². The molecule has 0 aromatic carbocycles. The number of carbonyl (C=O) groups excluding carboxylic acids is 1. The molecule has 0 bridgehead atoms. The molecule has 8 heteroatoms. The first kappa shape index (κ1) is 17.3. The van der Waals surface area contributed by atoms with Gasteiger partial charge in [0.25, 0.3) is 10.2 Å². The molecule has 18 heavy (non-hydrogen) atoms. The smallest absolute Gasteiger partial charge is 0.306 e. The molecule has 0 aromatic heterocycles. The number of rotatable bonds is 9. The molecular formula is C10H22N2O5S. The maximum Gasteiger partial charge on any atom is 0.306 e. The lowest BCUT2D eigenvalue weighted by Crippen LogP contribution is -2.43. The van der Waals surface area contributed by atoms with Crippen molar-refractivity contribution >= 4 is 16.2 Å². The highest BCUT2D eigenvalue weighted by molar-refractivity contribution is 7.87. The zero-order valence-electron chi connectivity index (χ0n) is 11.3. The fourth-order valence-corrected chi connectivity index (χ4v) is 2.31.